The smallest absolute Gasteiger partial charge is 0.135 e. The first kappa shape index (κ1) is 38.2. The van der Waals surface area contributed by atoms with Crippen molar-refractivity contribution in [1.82, 2.24) is 0 Å². The number of thiophene rings is 2. The van der Waals surface area contributed by atoms with Gasteiger partial charge in [-0.05, 0) is 127 Å². The van der Waals surface area contributed by atoms with Crippen LogP contribution in [0.3, 0.4) is 0 Å². The Morgan fingerprint density at radius 3 is 0.971 bits per heavy atom. The summed E-state index contributed by atoms with van der Waals surface area (Å²) in [7, 11) is 0. The topological polar surface area (TPSA) is 59.0 Å². The molecule has 0 N–H and O–H groups in total. The molecule has 0 fully saturated rings. The third kappa shape index (κ3) is 5.60. The van der Waals surface area contributed by atoms with Gasteiger partial charge in [0.1, 0.15) is 44.7 Å². The van der Waals surface area contributed by atoms with Crippen molar-refractivity contribution in [2.45, 2.75) is 0 Å². The monoisotopic (exact) mass is 934 g/mol. The van der Waals surface area contributed by atoms with Crippen molar-refractivity contribution in [3.05, 3.63) is 206 Å². The summed E-state index contributed by atoms with van der Waals surface area (Å²) in [6.07, 6.45) is 0. The minimum absolute atomic E-state index is 0.866. The van der Waals surface area contributed by atoms with E-state index in [2.05, 4.69) is 168 Å². The van der Waals surface area contributed by atoms with E-state index in [0.29, 0.717) is 0 Å². The van der Waals surface area contributed by atoms with Gasteiger partial charge in [-0.3, -0.25) is 0 Å². The largest absolute Gasteiger partial charge is 0.456 e. The Balaban J connectivity index is 0.875. The van der Waals surface area contributed by atoms with E-state index in [1.807, 2.05) is 71.2 Å². The summed E-state index contributed by atoms with van der Waals surface area (Å²) in [6, 6.07) is 73.1. The predicted molar refractivity (Wildman–Crippen MR) is 293 cm³/mol. The normalized spacial score (nSPS) is 12.3. The Morgan fingerprint density at radius 1 is 0.243 bits per heavy atom. The molecule has 6 nitrogen and oxygen atoms in total. The van der Waals surface area contributed by atoms with Crippen LogP contribution in [-0.2, 0) is 0 Å². The molecule has 16 aromatic rings. The van der Waals surface area contributed by atoms with Gasteiger partial charge in [0, 0.05) is 103 Å². The zero-order valence-corrected chi connectivity index (χ0v) is 38.6. The molecule has 0 saturated carbocycles. The van der Waals surface area contributed by atoms with Crippen LogP contribution in [0.4, 0.5) is 34.1 Å². The van der Waals surface area contributed by atoms with Crippen molar-refractivity contribution >= 4 is 174 Å². The molecule has 0 aliphatic heterocycles. The first-order chi connectivity index (χ1) is 34.6. The predicted octanol–water partition coefficient (Wildman–Crippen LogP) is 19.8. The Labute approximate surface area is 405 Å². The molecule has 0 aliphatic rings. The molecule has 6 aromatic heterocycles. The number of furan rings is 4. The van der Waals surface area contributed by atoms with Crippen LogP contribution in [0.2, 0.25) is 0 Å². The molecule has 0 radical (unpaired) electrons. The van der Waals surface area contributed by atoms with Crippen molar-refractivity contribution in [2.75, 3.05) is 9.80 Å². The molecule has 0 unspecified atom stereocenters. The van der Waals surface area contributed by atoms with Gasteiger partial charge in [-0.25, -0.2) is 0 Å². The highest BCUT2D eigenvalue weighted by molar-refractivity contribution is 7.44. The highest BCUT2D eigenvalue weighted by Gasteiger charge is 2.23. The van der Waals surface area contributed by atoms with Gasteiger partial charge < -0.3 is 27.5 Å². The van der Waals surface area contributed by atoms with Crippen molar-refractivity contribution in [3.8, 4) is 0 Å². The number of fused-ring (bicyclic) bond motifs is 17. The number of rotatable bonds is 6. The zero-order chi connectivity index (χ0) is 45.6. The van der Waals surface area contributed by atoms with Gasteiger partial charge in [0.15, 0.2) is 0 Å². The van der Waals surface area contributed by atoms with Crippen LogP contribution in [0.15, 0.2) is 224 Å². The fourth-order valence-electron chi connectivity index (χ4n) is 10.9. The van der Waals surface area contributed by atoms with Crippen LogP contribution in [0.5, 0.6) is 0 Å². The first-order valence-electron chi connectivity index (χ1n) is 23.3. The van der Waals surface area contributed by atoms with Crippen LogP contribution in [0.1, 0.15) is 0 Å². The van der Waals surface area contributed by atoms with Crippen LogP contribution in [0, 0.1) is 0 Å². The number of anilines is 6. The molecule has 10 aromatic carbocycles. The molecule has 0 spiro atoms. The van der Waals surface area contributed by atoms with Gasteiger partial charge in [0.2, 0.25) is 0 Å². The van der Waals surface area contributed by atoms with E-state index in [9.17, 15) is 0 Å². The van der Waals surface area contributed by atoms with Gasteiger partial charge in [0.25, 0.3) is 0 Å². The van der Waals surface area contributed by atoms with Crippen LogP contribution in [0.25, 0.3) is 117 Å². The van der Waals surface area contributed by atoms with E-state index in [1.54, 1.807) is 0 Å². The number of benzene rings is 10. The lowest BCUT2D eigenvalue weighted by Crippen LogP contribution is -2.09. The number of para-hydroxylation sites is 4. The number of hydrogen-bond acceptors (Lipinski definition) is 8. The van der Waals surface area contributed by atoms with Gasteiger partial charge >= 0.3 is 0 Å². The molecule has 6 heterocycles. The molecule has 328 valence electrons. The Hall–Kier alpha value is -8.82. The van der Waals surface area contributed by atoms with E-state index < -0.39 is 0 Å². The minimum Gasteiger partial charge on any atom is -0.456 e. The Morgan fingerprint density at radius 2 is 0.557 bits per heavy atom. The lowest BCUT2D eigenvalue weighted by molar-refractivity contribution is 0.668. The van der Waals surface area contributed by atoms with Crippen molar-refractivity contribution in [2.24, 2.45) is 0 Å². The summed E-state index contributed by atoms with van der Waals surface area (Å²) in [6.45, 7) is 0. The van der Waals surface area contributed by atoms with Gasteiger partial charge in [-0.2, -0.15) is 0 Å². The van der Waals surface area contributed by atoms with E-state index in [0.717, 1.165) is 122 Å². The van der Waals surface area contributed by atoms with Crippen LogP contribution in [-0.4, -0.2) is 0 Å². The van der Waals surface area contributed by atoms with E-state index >= 15 is 0 Å². The maximum Gasteiger partial charge on any atom is 0.135 e. The molecule has 0 aliphatic carbocycles. The average molecular weight is 935 g/mol. The van der Waals surface area contributed by atoms with Gasteiger partial charge in [-0.15, -0.1) is 22.7 Å². The number of hydrogen-bond donors (Lipinski definition) is 0. The van der Waals surface area contributed by atoms with Crippen molar-refractivity contribution < 1.29 is 17.7 Å². The number of nitrogens with zero attached hydrogens (tertiary/aromatic N) is 2. The zero-order valence-electron chi connectivity index (χ0n) is 37.0. The van der Waals surface area contributed by atoms with Crippen LogP contribution < -0.4 is 9.80 Å². The second-order valence-corrected chi connectivity index (χ2v) is 20.4. The molecular formula is C62H34N2O4S2. The summed E-state index contributed by atoms with van der Waals surface area (Å²) in [5.74, 6) is 0. The quantitative estimate of drug-likeness (QED) is 0.166. The highest BCUT2D eigenvalue weighted by Crippen LogP contribution is 2.50. The molecule has 16 rings (SSSR count). The fraction of sp³-hybridized carbons (Fsp3) is 0. The molecule has 0 saturated heterocycles. The lowest BCUT2D eigenvalue weighted by Gasteiger charge is -2.26. The van der Waals surface area contributed by atoms with E-state index in [1.165, 1.54) is 29.6 Å². The third-order valence-corrected chi connectivity index (χ3v) is 16.5. The van der Waals surface area contributed by atoms with Crippen molar-refractivity contribution in [1.29, 1.82) is 0 Å². The fourth-order valence-corrected chi connectivity index (χ4v) is 13.5. The van der Waals surface area contributed by atoms with Crippen molar-refractivity contribution in [3.63, 3.8) is 0 Å². The minimum atomic E-state index is 0.866. The summed E-state index contributed by atoms with van der Waals surface area (Å²) in [4.78, 5) is 4.74. The van der Waals surface area contributed by atoms with Crippen LogP contribution >= 0.6 is 22.7 Å². The van der Waals surface area contributed by atoms with E-state index in [-0.39, 0.29) is 0 Å². The molecule has 0 bridgehead atoms. The maximum atomic E-state index is 6.31. The average Bonchev–Trinajstić information content (AvgIpc) is 4.26. The first-order valence-corrected chi connectivity index (χ1v) is 24.9. The molecule has 0 amide bonds. The van der Waals surface area contributed by atoms with Gasteiger partial charge in [-0.1, -0.05) is 78.9 Å². The third-order valence-electron chi connectivity index (χ3n) is 14.1. The molecule has 0 atom stereocenters. The maximum absolute atomic E-state index is 6.31. The summed E-state index contributed by atoms with van der Waals surface area (Å²) in [5, 5.41) is 12.5. The second kappa shape index (κ2) is 14.4. The molecular weight excluding hydrogens is 901 g/mol. The SMILES string of the molecule is c1ccc2c(c1)oc1ccc(N(c3ccc4c(c3)sc3sc5ccc(N(c6ccc7oc8ccccc8c7c6)c6ccc7oc8ccccc8c7c6)cc5c34)c3ccc4oc5ccccc5c4c3)cc12. The summed E-state index contributed by atoms with van der Waals surface area (Å²) < 4.78 is 29.0. The summed E-state index contributed by atoms with van der Waals surface area (Å²) >= 11 is 3.73. The standard InChI is InChI=1S/C62H34N2O4S2/c1-5-13-51-41(9-1)46-29-35(18-24-55(46)65-51)63(36-19-25-56-47(30-36)42-10-2-6-14-52(42)66-56)39-22-28-59-50(33-39)61-45-23-17-40(34-60(45)70-62(61)69-59)64(37-20-26-57-48(31-37)43-11-3-7-15-53(43)67-57)38-21-27-58-49(32-38)44-12-4-8-16-54(44)68-58/h1-34H. The summed E-state index contributed by atoms with van der Waals surface area (Å²) in [5.41, 5.74) is 13.3. The Bertz CT molecular complexity index is 4600. The molecule has 8 heteroatoms. The van der Waals surface area contributed by atoms with Gasteiger partial charge in [0.05, 0.1) is 4.01 Å². The van der Waals surface area contributed by atoms with E-state index in [4.69, 9.17) is 17.7 Å². The lowest BCUT2D eigenvalue weighted by atomic mass is 10.1. The molecule has 70 heavy (non-hydrogen) atoms. The highest BCUT2D eigenvalue weighted by atomic mass is 32.2. The Kier molecular flexibility index (Phi) is 7.83. The second-order valence-electron chi connectivity index (χ2n) is 18.0.